The van der Waals surface area contributed by atoms with E-state index >= 15 is 0 Å². The number of aryl methyl sites for hydroxylation is 1. The quantitative estimate of drug-likeness (QED) is 0.755. The number of amides is 1. The Bertz CT molecular complexity index is 574. The number of aliphatic hydroxyl groups is 1. The van der Waals surface area contributed by atoms with Crippen LogP contribution in [0.1, 0.15) is 31.2 Å². The Kier molecular flexibility index (Phi) is 6.32. The molecule has 0 spiro atoms. The van der Waals surface area contributed by atoms with E-state index in [1.54, 1.807) is 0 Å². The average Bonchev–Trinajstić information content (AvgIpc) is 3.43. The van der Waals surface area contributed by atoms with Gasteiger partial charge in [0.05, 0.1) is 5.92 Å². The van der Waals surface area contributed by atoms with Crippen LogP contribution in [0.3, 0.4) is 0 Å². The van der Waals surface area contributed by atoms with Gasteiger partial charge in [-0.15, -0.1) is 0 Å². The molecule has 1 amide bonds. The number of nitrogens with one attached hydrogen (secondary N) is 1. The first-order chi connectivity index (χ1) is 12.1. The lowest BCUT2D eigenvalue weighted by Gasteiger charge is -2.33. The van der Waals surface area contributed by atoms with Crippen LogP contribution >= 0.6 is 0 Å². The molecule has 0 aromatic heterocycles. The number of β-amino-alcohol motifs (C(OH)–C–C–N with tert-alkyl or cyclic N) is 1. The Labute approximate surface area is 150 Å². The Morgan fingerprint density at radius 2 is 2.16 bits per heavy atom. The first-order valence-corrected chi connectivity index (χ1v) is 9.48. The van der Waals surface area contributed by atoms with Crippen LogP contribution in [-0.2, 0) is 4.79 Å². The molecule has 1 saturated carbocycles. The molecule has 5 heteroatoms. The molecule has 1 aromatic carbocycles. The molecule has 2 unspecified atom stereocenters. The Morgan fingerprint density at radius 1 is 1.36 bits per heavy atom. The lowest BCUT2D eigenvalue weighted by atomic mass is 9.97. The van der Waals surface area contributed by atoms with E-state index in [0.29, 0.717) is 12.5 Å². The first kappa shape index (κ1) is 18.2. The topological polar surface area (TPSA) is 61.8 Å². The van der Waals surface area contributed by atoms with Gasteiger partial charge in [-0.2, -0.15) is 0 Å². The molecule has 1 aliphatic carbocycles. The first-order valence-electron chi connectivity index (χ1n) is 9.48. The molecule has 3 rings (SSSR count). The van der Waals surface area contributed by atoms with Crippen molar-refractivity contribution in [1.82, 2.24) is 10.2 Å². The van der Waals surface area contributed by atoms with Crippen LogP contribution < -0.4 is 10.1 Å². The largest absolute Gasteiger partial charge is 0.491 e. The fourth-order valence-electron chi connectivity index (χ4n) is 3.40. The Morgan fingerprint density at radius 3 is 2.92 bits per heavy atom. The predicted octanol–water partition coefficient (Wildman–Crippen LogP) is 1.97. The molecule has 25 heavy (non-hydrogen) atoms. The number of piperidine rings is 1. The van der Waals surface area contributed by atoms with E-state index in [4.69, 9.17) is 4.74 Å². The van der Waals surface area contributed by atoms with Gasteiger partial charge in [-0.25, -0.2) is 0 Å². The number of carbonyl (C=O) groups excluding carboxylic acids is 1. The van der Waals surface area contributed by atoms with Crippen molar-refractivity contribution in [3.63, 3.8) is 0 Å². The van der Waals surface area contributed by atoms with Crippen LogP contribution in [0.2, 0.25) is 0 Å². The van der Waals surface area contributed by atoms with Gasteiger partial charge >= 0.3 is 0 Å². The van der Waals surface area contributed by atoms with Gasteiger partial charge < -0.3 is 15.2 Å². The van der Waals surface area contributed by atoms with E-state index in [1.165, 1.54) is 12.8 Å². The summed E-state index contributed by atoms with van der Waals surface area (Å²) in [6.45, 7) is 5.34. The fourth-order valence-corrected chi connectivity index (χ4v) is 3.40. The fraction of sp³-hybridized carbons (Fsp3) is 0.650. The van der Waals surface area contributed by atoms with Gasteiger partial charge in [-0.05, 0) is 56.7 Å². The summed E-state index contributed by atoms with van der Waals surface area (Å²) < 4.78 is 5.73. The number of ether oxygens (including phenoxy) is 1. The van der Waals surface area contributed by atoms with Crippen molar-refractivity contribution >= 4 is 5.91 Å². The van der Waals surface area contributed by atoms with Gasteiger partial charge in [0.2, 0.25) is 5.91 Å². The van der Waals surface area contributed by atoms with Gasteiger partial charge in [-0.1, -0.05) is 18.2 Å². The molecule has 2 fully saturated rings. The number of benzene rings is 1. The van der Waals surface area contributed by atoms with Crippen LogP contribution in [0.4, 0.5) is 0 Å². The number of hydrogen-bond donors (Lipinski definition) is 2. The molecule has 1 heterocycles. The minimum atomic E-state index is -0.548. The van der Waals surface area contributed by atoms with Gasteiger partial charge in [0, 0.05) is 19.6 Å². The maximum atomic E-state index is 12.3. The summed E-state index contributed by atoms with van der Waals surface area (Å²) in [6.07, 6.45) is 3.91. The van der Waals surface area contributed by atoms with E-state index < -0.39 is 6.10 Å². The van der Waals surface area contributed by atoms with Crippen LogP contribution in [0.25, 0.3) is 0 Å². The minimum absolute atomic E-state index is 0.0528. The highest BCUT2D eigenvalue weighted by molar-refractivity contribution is 5.79. The maximum Gasteiger partial charge on any atom is 0.224 e. The zero-order valence-corrected chi connectivity index (χ0v) is 15.1. The molecule has 0 radical (unpaired) electrons. The zero-order valence-electron chi connectivity index (χ0n) is 15.1. The third-order valence-corrected chi connectivity index (χ3v) is 5.13. The van der Waals surface area contributed by atoms with Crippen molar-refractivity contribution < 1.29 is 14.6 Å². The number of para-hydroxylation sites is 1. The van der Waals surface area contributed by atoms with E-state index in [0.717, 1.165) is 43.8 Å². The predicted molar refractivity (Wildman–Crippen MR) is 97.6 cm³/mol. The molecule has 2 aliphatic rings. The Balaban J connectivity index is 1.40. The second kappa shape index (κ2) is 8.68. The monoisotopic (exact) mass is 346 g/mol. The third kappa shape index (κ3) is 5.72. The molecule has 2 N–H and O–H groups in total. The highest BCUT2D eigenvalue weighted by Gasteiger charge is 2.28. The maximum absolute atomic E-state index is 12.3. The summed E-state index contributed by atoms with van der Waals surface area (Å²) in [5.41, 5.74) is 1.07. The highest BCUT2D eigenvalue weighted by atomic mass is 16.5. The van der Waals surface area contributed by atoms with Crippen molar-refractivity contribution in [2.75, 3.05) is 32.8 Å². The van der Waals surface area contributed by atoms with Crippen molar-refractivity contribution in [2.24, 2.45) is 11.8 Å². The molecule has 1 aliphatic heterocycles. The molecular formula is C20H30N2O3. The molecule has 5 nitrogen and oxygen atoms in total. The van der Waals surface area contributed by atoms with Gasteiger partial charge in [0.1, 0.15) is 18.5 Å². The van der Waals surface area contributed by atoms with Crippen LogP contribution in [-0.4, -0.2) is 54.8 Å². The van der Waals surface area contributed by atoms with E-state index in [2.05, 4.69) is 10.2 Å². The van der Waals surface area contributed by atoms with Crippen molar-refractivity contribution in [1.29, 1.82) is 0 Å². The van der Waals surface area contributed by atoms with Gasteiger partial charge in [0.15, 0.2) is 0 Å². The van der Waals surface area contributed by atoms with Crippen LogP contribution in [0.5, 0.6) is 5.75 Å². The summed E-state index contributed by atoms with van der Waals surface area (Å²) in [7, 11) is 0. The number of rotatable bonds is 8. The molecule has 1 saturated heterocycles. The number of aliphatic hydroxyl groups excluding tert-OH is 1. The molecular weight excluding hydrogens is 316 g/mol. The summed E-state index contributed by atoms with van der Waals surface area (Å²) in [4.78, 5) is 14.5. The standard InChI is InChI=1S/C20H30N2O3/c1-15-5-2-3-7-19(15)25-14-18(23)13-22-10-4-6-17(12-22)20(24)21-11-16-8-9-16/h2-3,5,7,16-18,23H,4,6,8-14H2,1H3,(H,21,24). The summed E-state index contributed by atoms with van der Waals surface area (Å²) in [6, 6.07) is 7.82. The third-order valence-electron chi connectivity index (χ3n) is 5.13. The minimum Gasteiger partial charge on any atom is -0.491 e. The van der Waals surface area contributed by atoms with E-state index in [-0.39, 0.29) is 18.4 Å². The van der Waals surface area contributed by atoms with Crippen molar-refractivity contribution in [3.05, 3.63) is 29.8 Å². The summed E-state index contributed by atoms with van der Waals surface area (Å²) in [5, 5.41) is 13.4. The average molecular weight is 346 g/mol. The van der Waals surface area contributed by atoms with Crippen LogP contribution in [0, 0.1) is 18.8 Å². The number of hydrogen-bond acceptors (Lipinski definition) is 4. The summed E-state index contributed by atoms with van der Waals surface area (Å²) >= 11 is 0. The zero-order chi connectivity index (χ0) is 17.6. The second-order valence-electron chi connectivity index (χ2n) is 7.52. The molecule has 0 bridgehead atoms. The summed E-state index contributed by atoms with van der Waals surface area (Å²) in [5.74, 6) is 1.76. The van der Waals surface area contributed by atoms with E-state index in [9.17, 15) is 9.90 Å². The normalized spacial score (nSPS) is 22.4. The highest BCUT2D eigenvalue weighted by Crippen LogP contribution is 2.28. The SMILES string of the molecule is Cc1ccccc1OCC(O)CN1CCCC(C(=O)NCC2CC2)C1. The van der Waals surface area contributed by atoms with E-state index in [1.807, 2.05) is 31.2 Å². The van der Waals surface area contributed by atoms with Crippen molar-refractivity contribution in [2.45, 2.75) is 38.7 Å². The molecule has 138 valence electrons. The number of likely N-dealkylation sites (tertiary alicyclic amines) is 1. The lowest BCUT2D eigenvalue weighted by molar-refractivity contribution is -0.127. The lowest BCUT2D eigenvalue weighted by Crippen LogP contribution is -2.46. The number of carbonyl (C=O) groups is 1. The molecule has 2 atom stereocenters. The van der Waals surface area contributed by atoms with Crippen molar-refractivity contribution in [3.8, 4) is 5.75 Å². The van der Waals surface area contributed by atoms with Gasteiger partial charge in [-0.3, -0.25) is 9.69 Å². The van der Waals surface area contributed by atoms with Gasteiger partial charge in [0.25, 0.3) is 0 Å². The smallest absolute Gasteiger partial charge is 0.224 e. The number of nitrogens with zero attached hydrogens (tertiary/aromatic N) is 1. The Hall–Kier alpha value is -1.59. The van der Waals surface area contributed by atoms with Crippen LogP contribution in [0.15, 0.2) is 24.3 Å². The molecule has 1 aromatic rings. The second-order valence-corrected chi connectivity index (χ2v) is 7.52.